The predicted molar refractivity (Wildman–Crippen MR) is 48.9 cm³/mol. The molecular formula is C8H11NO3S. The summed E-state index contributed by atoms with van der Waals surface area (Å²) in [6.07, 6.45) is 0.342. The van der Waals surface area contributed by atoms with Crippen molar-refractivity contribution >= 4 is 17.1 Å². The van der Waals surface area contributed by atoms with Crippen molar-refractivity contribution in [1.29, 1.82) is 0 Å². The van der Waals surface area contributed by atoms with Crippen LogP contribution in [-0.4, -0.2) is 29.6 Å². The molecule has 1 heterocycles. The first-order chi connectivity index (χ1) is 6.27. The van der Waals surface area contributed by atoms with Gasteiger partial charge >= 0.3 is 0 Å². The summed E-state index contributed by atoms with van der Waals surface area (Å²) in [5, 5.41) is 10.8. The molecule has 0 saturated carbocycles. The predicted octanol–water partition coefficient (Wildman–Crippen LogP) is 0.855. The van der Waals surface area contributed by atoms with Crippen molar-refractivity contribution < 1.29 is 14.6 Å². The van der Waals surface area contributed by atoms with Gasteiger partial charge in [-0.1, -0.05) is 0 Å². The van der Waals surface area contributed by atoms with Gasteiger partial charge in [0.15, 0.2) is 10.8 Å². The number of Topliss-reactive ketones (excluding diaryl/α,β-unsaturated/α-hetero) is 1. The highest BCUT2D eigenvalue weighted by Gasteiger charge is 2.09. The standard InChI is InChI=1S/C8H11NO3S/c1-12-3-2-7(11)8-9-6(4-10)5-13-8/h5,10H,2-4H2,1H3. The fraction of sp³-hybridized carbons (Fsp3) is 0.500. The maximum absolute atomic E-state index is 11.3. The first kappa shape index (κ1) is 10.3. The first-order valence-corrected chi connectivity index (χ1v) is 4.73. The van der Waals surface area contributed by atoms with E-state index >= 15 is 0 Å². The Kier molecular flexibility index (Phi) is 4.01. The number of aliphatic hydroxyl groups excluding tert-OH is 1. The van der Waals surface area contributed by atoms with Crippen LogP contribution in [0.1, 0.15) is 21.9 Å². The molecule has 0 atom stereocenters. The zero-order chi connectivity index (χ0) is 9.68. The number of methoxy groups -OCH3 is 1. The van der Waals surface area contributed by atoms with Gasteiger partial charge in [0.2, 0.25) is 0 Å². The minimum Gasteiger partial charge on any atom is -0.390 e. The van der Waals surface area contributed by atoms with Gasteiger partial charge in [0.05, 0.1) is 18.9 Å². The molecule has 0 aromatic carbocycles. The van der Waals surface area contributed by atoms with Gasteiger partial charge in [0.1, 0.15) is 0 Å². The molecule has 0 amide bonds. The van der Waals surface area contributed by atoms with Crippen LogP contribution in [0.5, 0.6) is 0 Å². The maximum Gasteiger partial charge on any atom is 0.193 e. The second-order valence-corrected chi connectivity index (χ2v) is 3.33. The zero-order valence-corrected chi connectivity index (χ0v) is 8.13. The second kappa shape index (κ2) is 5.06. The molecule has 4 nitrogen and oxygen atoms in total. The van der Waals surface area contributed by atoms with E-state index in [-0.39, 0.29) is 12.4 Å². The minimum absolute atomic E-state index is 0.0356. The average molecular weight is 201 g/mol. The normalized spacial score (nSPS) is 10.3. The lowest BCUT2D eigenvalue weighted by atomic mass is 10.3. The van der Waals surface area contributed by atoms with Crippen LogP contribution in [0, 0.1) is 0 Å². The molecule has 0 aliphatic heterocycles. The largest absolute Gasteiger partial charge is 0.390 e. The van der Waals surface area contributed by atoms with Crippen molar-refractivity contribution in [2.24, 2.45) is 0 Å². The molecule has 1 N–H and O–H groups in total. The molecule has 0 aliphatic carbocycles. The Balaban J connectivity index is 2.55. The van der Waals surface area contributed by atoms with E-state index in [9.17, 15) is 4.79 Å². The van der Waals surface area contributed by atoms with Crippen LogP contribution in [-0.2, 0) is 11.3 Å². The Labute approximate surface area is 80.2 Å². The molecular weight excluding hydrogens is 190 g/mol. The van der Waals surface area contributed by atoms with Gasteiger partial charge in [-0.15, -0.1) is 11.3 Å². The van der Waals surface area contributed by atoms with Gasteiger partial charge in [-0.2, -0.15) is 0 Å². The van der Waals surface area contributed by atoms with E-state index in [4.69, 9.17) is 9.84 Å². The monoisotopic (exact) mass is 201 g/mol. The molecule has 5 heteroatoms. The van der Waals surface area contributed by atoms with Crippen molar-refractivity contribution in [1.82, 2.24) is 4.98 Å². The number of aliphatic hydroxyl groups is 1. The number of rotatable bonds is 5. The number of ketones is 1. The summed E-state index contributed by atoms with van der Waals surface area (Å²) in [7, 11) is 1.55. The first-order valence-electron chi connectivity index (χ1n) is 3.85. The average Bonchev–Trinajstić information content (AvgIpc) is 2.62. The van der Waals surface area contributed by atoms with Gasteiger partial charge in [0, 0.05) is 18.9 Å². The van der Waals surface area contributed by atoms with Crippen LogP contribution in [0.2, 0.25) is 0 Å². The van der Waals surface area contributed by atoms with Gasteiger partial charge < -0.3 is 9.84 Å². The SMILES string of the molecule is COCCC(=O)c1nc(CO)cs1. The van der Waals surface area contributed by atoms with Gasteiger partial charge in [0.25, 0.3) is 0 Å². The summed E-state index contributed by atoms with van der Waals surface area (Å²) in [4.78, 5) is 15.3. The lowest BCUT2D eigenvalue weighted by molar-refractivity contribution is 0.0931. The molecule has 0 bridgehead atoms. The quantitative estimate of drug-likeness (QED) is 0.718. The van der Waals surface area contributed by atoms with Crippen LogP contribution in [0.4, 0.5) is 0 Å². The van der Waals surface area contributed by atoms with Crippen LogP contribution < -0.4 is 0 Å². The summed E-state index contributed by atoms with van der Waals surface area (Å²) in [5.41, 5.74) is 0.547. The van der Waals surface area contributed by atoms with Crippen molar-refractivity contribution in [3.8, 4) is 0 Å². The maximum atomic E-state index is 11.3. The Morgan fingerprint density at radius 3 is 3.08 bits per heavy atom. The molecule has 0 radical (unpaired) electrons. The number of hydrogen-bond donors (Lipinski definition) is 1. The summed E-state index contributed by atoms with van der Waals surface area (Å²) in [6.45, 7) is 0.293. The third-order valence-corrected chi connectivity index (χ3v) is 2.42. The van der Waals surface area contributed by atoms with Crippen LogP contribution in [0.3, 0.4) is 0 Å². The Bertz CT molecular complexity index is 285. The van der Waals surface area contributed by atoms with E-state index < -0.39 is 0 Å². The van der Waals surface area contributed by atoms with Crippen molar-refractivity contribution in [3.05, 3.63) is 16.1 Å². The number of aromatic nitrogens is 1. The van der Waals surface area contributed by atoms with Crippen LogP contribution in [0.25, 0.3) is 0 Å². The van der Waals surface area contributed by atoms with Crippen molar-refractivity contribution in [2.45, 2.75) is 13.0 Å². The van der Waals surface area contributed by atoms with E-state index in [1.54, 1.807) is 12.5 Å². The summed E-state index contributed by atoms with van der Waals surface area (Å²) >= 11 is 1.26. The van der Waals surface area contributed by atoms with E-state index in [0.29, 0.717) is 23.7 Å². The zero-order valence-electron chi connectivity index (χ0n) is 7.32. The summed E-state index contributed by atoms with van der Waals surface area (Å²) < 4.78 is 4.77. The van der Waals surface area contributed by atoms with Gasteiger partial charge in [-0.25, -0.2) is 4.98 Å². The molecule has 0 saturated heterocycles. The van der Waals surface area contributed by atoms with Crippen LogP contribution in [0.15, 0.2) is 5.38 Å². The number of ether oxygens (including phenoxy) is 1. The third kappa shape index (κ3) is 2.87. The summed E-state index contributed by atoms with van der Waals surface area (Å²) in [5.74, 6) is -0.0356. The van der Waals surface area contributed by atoms with E-state index in [2.05, 4.69) is 4.98 Å². The highest BCUT2D eigenvalue weighted by atomic mass is 32.1. The summed E-state index contributed by atoms with van der Waals surface area (Å²) in [6, 6.07) is 0. The van der Waals surface area contributed by atoms with Crippen LogP contribution >= 0.6 is 11.3 Å². The molecule has 0 spiro atoms. The molecule has 0 aliphatic rings. The van der Waals surface area contributed by atoms with Crippen molar-refractivity contribution in [2.75, 3.05) is 13.7 Å². The van der Waals surface area contributed by atoms with E-state index in [0.717, 1.165) is 0 Å². The molecule has 1 aromatic rings. The minimum atomic E-state index is -0.117. The van der Waals surface area contributed by atoms with Gasteiger partial charge in [-0.3, -0.25) is 4.79 Å². The lowest BCUT2D eigenvalue weighted by Crippen LogP contribution is -2.03. The smallest absolute Gasteiger partial charge is 0.193 e. The topological polar surface area (TPSA) is 59.4 Å². The Morgan fingerprint density at radius 1 is 1.77 bits per heavy atom. The third-order valence-electron chi connectivity index (χ3n) is 1.49. The number of hydrogen-bond acceptors (Lipinski definition) is 5. The van der Waals surface area contributed by atoms with Crippen molar-refractivity contribution in [3.63, 3.8) is 0 Å². The lowest BCUT2D eigenvalue weighted by Gasteiger charge is -1.94. The Hall–Kier alpha value is -0.780. The molecule has 13 heavy (non-hydrogen) atoms. The Morgan fingerprint density at radius 2 is 2.54 bits per heavy atom. The fourth-order valence-electron chi connectivity index (χ4n) is 0.809. The van der Waals surface area contributed by atoms with E-state index in [1.165, 1.54) is 11.3 Å². The second-order valence-electron chi connectivity index (χ2n) is 2.47. The highest BCUT2D eigenvalue weighted by molar-refractivity contribution is 7.11. The molecule has 0 fully saturated rings. The fourth-order valence-corrected chi connectivity index (χ4v) is 1.59. The number of nitrogens with zero attached hydrogens (tertiary/aromatic N) is 1. The van der Waals surface area contributed by atoms with E-state index in [1.807, 2.05) is 0 Å². The van der Waals surface area contributed by atoms with Gasteiger partial charge in [-0.05, 0) is 0 Å². The molecule has 0 unspecified atom stereocenters. The number of thiazole rings is 1. The number of carbonyl (C=O) groups excluding carboxylic acids is 1. The highest BCUT2D eigenvalue weighted by Crippen LogP contribution is 2.11. The number of carbonyl (C=O) groups is 1. The molecule has 1 aromatic heterocycles. The molecule has 1 rings (SSSR count). The molecule has 72 valence electrons.